The summed E-state index contributed by atoms with van der Waals surface area (Å²) in [4.78, 5) is 36.5. The number of carboxylic acids is 1. The van der Waals surface area contributed by atoms with E-state index in [2.05, 4.69) is 22.8 Å². The number of alkyl carbamates (subject to hydrolysis) is 1. The fourth-order valence-corrected chi connectivity index (χ4v) is 4.18. The van der Waals surface area contributed by atoms with Gasteiger partial charge in [-0.3, -0.25) is 4.79 Å². The van der Waals surface area contributed by atoms with Gasteiger partial charge in [-0.05, 0) is 47.7 Å². The Hall–Kier alpha value is -4.13. The monoisotopic (exact) mass is 444 g/mol. The lowest BCUT2D eigenvalue weighted by Crippen LogP contribution is -2.42. The van der Waals surface area contributed by atoms with E-state index in [4.69, 9.17) is 4.74 Å². The van der Waals surface area contributed by atoms with Gasteiger partial charge in [0.05, 0.1) is 11.3 Å². The number of rotatable bonds is 6. The van der Waals surface area contributed by atoms with Gasteiger partial charge in [0, 0.05) is 5.92 Å². The molecule has 0 saturated carbocycles. The molecule has 1 atom stereocenters. The van der Waals surface area contributed by atoms with Gasteiger partial charge in [0.1, 0.15) is 12.6 Å². The summed E-state index contributed by atoms with van der Waals surface area (Å²) < 4.78 is 5.47. The van der Waals surface area contributed by atoms with Crippen LogP contribution in [0.2, 0.25) is 0 Å². The molecule has 3 aromatic rings. The van der Waals surface area contributed by atoms with E-state index >= 15 is 0 Å². The second kappa shape index (κ2) is 9.16. The van der Waals surface area contributed by atoms with Crippen LogP contribution in [0.1, 0.15) is 39.9 Å². The van der Waals surface area contributed by atoms with Gasteiger partial charge < -0.3 is 20.5 Å². The van der Waals surface area contributed by atoms with E-state index in [0.717, 1.165) is 22.3 Å². The normalized spacial score (nSPS) is 12.9. The molecule has 0 aliphatic heterocycles. The van der Waals surface area contributed by atoms with Crippen molar-refractivity contribution in [3.8, 4) is 11.1 Å². The van der Waals surface area contributed by atoms with Gasteiger partial charge in [-0.2, -0.15) is 0 Å². The first kappa shape index (κ1) is 22.1. The first-order valence-corrected chi connectivity index (χ1v) is 10.6. The summed E-state index contributed by atoms with van der Waals surface area (Å²) in [5.41, 5.74) is 5.16. The molecule has 3 N–H and O–H groups in total. The van der Waals surface area contributed by atoms with E-state index in [1.165, 1.54) is 13.0 Å². The number of nitrogens with one attached hydrogen (secondary N) is 2. The van der Waals surface area contributed by atoms with Crippen molar-refractivity contribution in [3.05, 3.63) is 89.0 Å². The van der Waals surface area contributed by atoms with Crippen LogP contribution in [-0.4, -0.2) is 35.7 Å². The third kappa shape index (κ3) is 4.43. The Kier molecular flexibility index (Phi) is 6.13. The minimum Gasteiger partial charge on any atom is -0.478 e. The number of aryl methyl sites for hydroxylation is 1. The zero-order valence-electron chi connectivity index (χ0n) is 18.3. The second-order valence-electron chi connectivity index (χ2n) is 7.98. The molecular formula is C26H24N2O5. The maximum atomic E-state index is 12.5. The van der Waals surface area contributed by atoms with Crippen LogP contribution < -0.4 is 10.6 Å². The molecule has 0 spiro atoms. The molecule has 168 valence electrons. The molecule has 0 fully saturated rings. The largest absolute Gasteiger partial charge is 0.478 e. The molecule has 2 amide bonds. The molecule has 0 aromatic heterocycles. The van der Waals surface area contributed by atoms with Crippen molar-refractivity contribution in [3.63, 3.8) is 0 Å². The summed E-state index contributed by atoms with van der Waals surface area (Å²) in [6, 6.07) is 19.9. The molecule has 33 heavy (non-hydrogen) atoms. The van der Waals surface area contributed by atoms with Gasteiger partial charge in [-0.1, -0.05) is 60.7 Å². The molecule has 7 nitrogen and oxygen atoms in total. The van der Waals surface area contributed by atoms with Gasteiger partial charge >= 0.3 is 12.1 Å². The maximum Gasteiger partial charge on any atom is 0.407 e. The van der Waals surface area contributed by atoms with Crippen LogP contribution in [0.5, 0.6) is 0 Å². The van der Waals surface area contributed by atoms with E-state index in [0.29, 0.717) is 5.56 Å². The third-order valence-corrected chi connectivity index (χ3v) is 5.82. The highest BCUT2D eigenvalue weighted by Crippen LogP contribution is 2.44. The minimum absolute atomic E-state index is 0.0131. The number of anilines is 1. The van der Waals surface area contributed by atoms with Crippen molar-refractivity contribution in [1.82, 2.24) is 5.32 Å². The zero-order chi connectivity index (χ0) is 23.5. The molecule has 0 unspecified atom stereocenters. The Morgan fingerprint density at radius 1 is 0.939 bits per heavy atom. The van der Waals surface area contributed by atoms with E-state index in [-0.39, 0.29) is 23.8 Å². The van der Waals surface area contributed by atoms with Crippen molar-refractivity contribution in [2.75, 3.05) is 11.9 Å². The summed E-state index contributed by atoms with van der Waals surface area (Å²) >= 11 is 0. The van der Waals surface area contributed by atoms with Crippen molar-refractivity contribution < 1.29 is 24.2 Å². The zero-order valence-corrected chi connectivity index (χ0v) is 18.3. The van der Waals surface area contributed by atoms with Gasteiger partial charge in [0.2, 0.25) is 5.91 Å². The van der Waals surface area contributed by atoms with Crippen LogP contribution in [0.4, 0.5) is 10.5 Å². The highest BCUT2D eigenvalue weighted by molar-refractivity contribution is 6.03. The Bertz CT molecular complexity index is 1190. The first-order chi connectivity index (χ1) is 15.9. The summed E-state index contributed by atoms with van der Waals surface area (Å²) in [5.74, 6) is -1.77. The first-order valence-electron chi connectivity index (χ1n) is 10.6. The predicted molar refractivity (Wildman–Crippen MR) is 124 cm³/mol. The van der Waals surface area contributed by atoms with Crippen LogP contribution >= 0.6 is 0 Å². The predicted octanol–water partition coefficient (Wildman–Crippen LogP) is 4.56. The Balaban J connectivity index is 1.39. The summed E-state index contributed by atoms with van der Waals surface area (Å²) in [5, 5.41) is 14.5. The number of fused-ring (bicyclic) bond motifs is 3. The molecule has 0 saturated heterocycles. The number of carbonyl (C=O) groups is 3. The molecule has 1 aliphatic carbocycles. The molecule has 4 rings (SSSR count). The highest BCUT2D eigenvalue weighted by atomic mass is 16.5. The number of aromatic carboxylic acids is 1. The summed E-state index contributed by atoms with van der Waals surface area (Å²) in [6.45, 7) is 3.29. The van der Waals surface area contributed by atoms with Crippen LogP contribution in [0, 0.1) is 6.92 Å². The standard InChI is InChI=1S/C26H24N2O5/c1-15-8-7-13-22(23(15)25(30)31)28-24(29)16(2)27-26(32)33-14-21-19-11-5-3-9-17(19)18-10-4-6-12-20(18)21/h3-13,16,21H,14H2,1-2H3,(H,27,32)(H,28,29)(H,30,31)/t16-/m0/s1. The van der Waals surface area contributed by atoms with Gasteiger partial charge in [0.15, 0.2) is 0 Å². The molecule has 0 heterocycles. The number of hydrogen-bond donors (Lipinski definition) is 3. The average molecular weight is 444 g/mol. The molecular weight excluding hydrogens is 420 g/mol. The van der Waals surface area contributed by atoms with Crippen molar-refractivity contribution >= 4 is 23.7 Å². The van der Waals surface area contributed by atoms with Crippen LogP contribution in [0.15, 0.2) is 66.7 Å². The molecule has 0 bridgehead atoms. The van der Waals surface area contributed by atoms with E-state index in [1.54, 1.807) is 19.1 Å². The number of amides is 2. The molecule has 0 radical (unpaired) electrons. The smallest absolute Gasteiger partial charge is 0.407 e. The molecule has 3 aromatic carbocycles. The lowest BCUT2D eigenvalue weighted by atomic mass is 9.98. The fourth-order valence-electron chi connectivity index (χ4n) is 4.18. The summed E-state index contributed by atoms with van der Waals surface area (Å²) in [7, 11) is 0. The number of benzene rings is 3. The van der Waals surface area contributed by atoms with Crippen LogP contribution in [0.25, 0.3) is 11.1 Å². The SMILES string of the molecule is Cc1cccc(NC(=O)[C@H](C)NC(=O)OCC2c3ccccc3-c3ccccc32)c1C(=O)O. The molecule has 1 aliphatic rings. The van der Waals surface area contributed by atoms with E-state index < -0.39 is 24.0 Å². The average Bonchev–Trinajstić information content (AvgIpc) is 3.11. The van der Waals surface area contributed by atoms with Crippen molar-refractivity contribution in [2.24, 2.45) is 0 Å². The summed E-state index contributed by atoms with van der Waals surface area (Å²) in [6.07, 6.45) is -0.720. The Labute approximate surface area is 191 Å². The second-order valence-corrected chi connectivity index (χ2v) is 7.98. The van der Waals surface area contributed by atoms with Crippen LogP contribution in [0.3, 0.4) is 0 Å². The van der Waals surface area contributed by atoms with E-state index in [9.17, 15) is 19.5 Å². The van der Waals surface area contributed by atoms with Gasteiger partial charge in [-0.25, -0.2) is 9.59 Å². The number of ether oxygens (including phenoxy) is 1. The Morgan fingerprint density at radius 2 is 1.55 bits per heavy atom. The lowest BCUT2D eigenvalue weighted by molar-refractivity contribution is -0.117. The molecule has 7 heteroatoms. The third-order valence-electron chi connectivity index (χ3n) is 5.82. The van der Waals surface area contributed by atoms with Crippen molar-refractivity contribution in [1.29, 1.82) is 0 Å². The Morgan fingerprint density at radius 3 is 2.15 bits per heavy atom. The van der Waals surface area contributed by atoms with Gasteiger partial charge in [0.25, 0.3) is 0 Å². The van der Waals surface area contributed by atoms with Crippen LogP contribution in [-0.2, 0) is 9.53 Å². The van der Waals surface area contributed by atoms with E-state index in [1.807, 2.05) is 36.4 Å². The highest BCUT2D eigenvalue weighted by Gasteiger charge is 2.29. The quantitative estimate of drug-likeness (QED) is 0.517. The number of carboxylic acid groups (broad SMARTS) is 1. The minimum atomic E-state index is -1.14. The lowest BCUT2D eigenvalue weighted by Gasteiger charge is -2.18. The van der Waals surface area contributed by atoms with Crippen molar-refractivity contribution in [2.45, 2.75) is 25.8 Å². The number of carbonyl (C=O) groups excluding carboxylic acids is 2. The topological polar surface area (TPSA) is 105 Å². The maximum absolute atomic E-state index is 12.5. The fraction of sp³-hybridized carbons (Fsp3) is 0.192. The number of hydrogen-bond acceptors (Lipinski definition) is 4. The van der Waals surface area contributed by atoms with Gasteiger partial charge in [-0.15, -0.1) is 0 Å².